The van der Waals surface area contributed by atoms with E-state index >= 15 is 0 Å². The Kier molecular flexibility index (Phi) is 2.79. The lowest BCUT2D eigenvalue weighted by Gasteiger charge is -2.03. The van der Waals surface area contributed by atoms with Gasteiger partial charge in [-0.15, -0.1) is 4.99 Å². The van der Waals surface area contributed by atoms with Crippen LogP contribution in [0.25, 0.3) is 10.9 Å². The lowest BCUT2D eigenvalue weighted by molar-refractivity contribution is 0.405. The maximum atomic E-state index is 8.51. The fourth-order valence-corrected chi connectivity index (χ4v) is 1.48. The Labute approximate surface area is 92.8 Å². The van der Waals surface area contributed by atoms with Gasteiger partial charge in [0.2, 0.25) is 12.1 Å². The normalized spacial score (nSPS) is 11.1. The zero-order valence-corrected chi connectivity index (χ0v) is 8.71. The molecule has 0 fully saturated rings. The fourth-order valence-electron chi connectivity index (χ4n) is 1.48. The highest BCUT2D eigenvalue weighted by atomic mass is 16.5. The summed E-state index contributed by atoms with van der Waals surface area (Å²) in [6.45, 7) is 0. The first-order valence-corrected chi connectivity index (χ1v) is 4.71. The smallest absolute Gasteiger partial charge is 0.231 e. The summed E-state index contributed by atoms with van der Waals surface area (Å²) >= 11 is 0. The van der Waals surface area contributed by atoms with Gasteiger partial charge in [-0.1, -0.05) is 6.07 Å². The van der Waals surface area contributed by atoms with Gasteiger partial charge in [-0.3, -0.25) is 4.98 Å². The van der Waals surface area contributed by atoms with E-state index in [1.165, 1.54) is 7.11 Å². The van der Waals surface area contributed by atoms with Gasteiger partial charge in [0.05, 0.1) is 12.6 Å². The molecular formula is C12H9N3O. The zero-order valence-electron chi connectivity index (χ0n) is 8.71. The molecule has 0 unspecified atom stereocenters. The third-order valence-corrected chi connectivity index (χ3v) is 2.19. The van der Waals surface area contributed by atoms with E-state index in [2.05, 4.69) is 9.98 Å². The number of aromatic nitrogens is 1. The summed E-state index contributed by atoms with van der Waals surface area (Å²) in [5, 5.41) is 9.50. The maximum Gasteiger partial charge on any atom is 0.231 e. The third kappa shape index (κ3) is 1.84. The molecule has 0 spiro atoms. The van der Waals surface area contributed by atoms with Crippen molar-refractivity contribution in [3.05, 3.63) is 42.1 Å². The van der Waals surface area contributed by atoms with Gasteiger partial charge in [0, 0.05) is 17.1 Å². The molecule has 4 heteroatoms. The Balaban J connectivity index is 2.55. The average molecular weight is 211 g/mol. The molecule has 0 saturated carbocycles. The van der Waals surface area contributed by atoms with Crippen LogP contribution in [0, 0.1) is 11.5 Å². The molecule has 0 saturated heterocycles. The second kappa shape index (κ2) is 4.41. The first kappa shape index (κ1) is 10.1. The summed E-state index contributed by atoms with van der Waals surface area (Å²) in [6.07, 6.45) is 3.45. The molecule has 0 radical (unpaired) electrons. The monoisotopic (exact) mass is 211 g/mol. The van der Waals surface area contributed by atoms with Crippen LogP contribution in [-0.2, 0) is 4.74 Å². The predicted molar refractivity (Wildman–Crippen MR) is 60.9 cm³/mol. The van der Waals surface area contributed by atoms with Crippen molar-refractivity contribution in [1.82, 2.24) is 4.98 Å². The summed E-state index contributed by atoms with van der Waals surface area (Å²) in [6, 6.07) is 9.40. The molecule has 2 rings (SSSR count). The van der Waals surface area contributed by atoms with Crippen LogP contribution in [0.3, 0.4) is 0 Å². The Morgan fingerprint density at radius 2 is 2.31 bits per heavy atom. The van der Waals surface area contributed by atoms with Gasteiger partial charge in [0.15, 0.2) is 0 Å². The van der Waals surface area contributed by atoms with Gasteiger partial charge in [-0.25, -0.2) is 0 Å². The Morgan fingerprint density at radius 3 is 3.06 bits per heavy atom. The van der Waals surface area contributed by atoms with Crippen molar-refractivity contribution < 1.29 is 4.74 Å². The minimum absolute atomic E-state index is 0.313. The van der Waals surface area contributed by atoms with Crippen molar-refractivity contribution in [1.29, 1.82) is 5.26 Å². The van der Waals surface area contributed by atoms with Crippen LogP contribution >= 0.6 is 0 Å². The van der Waals surface area contributed by atoms with E-state index in [9.17, 15) is 0 Å². The SMILES string of the molecule is COC(=NC#N)c1ccc2ncccc2c1. The maximum absolute atomic E-state index is 8.51. The van der Waals surface area contributed by atoms with Gasteiger partial charge in [0.25, 0.3) is 0 Å². The van der Waals surface area contributed by atoms with E-state index in [0.29, 0.717) is 5.90 Å². The lowest BCUT2D eigenvalue weighted by Crippen LogP contribution is -2.02. The second-order valence-corrected chi connectivity index (χ2v) is 3.13. The highest BCUT2D eigenvalue weighted by Gasteiger charge is 2.04. The zero-order chi connectivity index (χ0) is 11.4. The van der Waals surface area contributed by atoms with Crippen molar-refractivity contribution in [2.75, 3.05) is 7.11 Å². The molecule has 0 amide bonds. The van der Waals surface area contributed by atoms with Gasteiger partial charge >= 0.3 is 0 Å². The molecule has 0 bridgehead atoms. The van der Waals surface area contributed by atoms with Crippen molar-refractivity contribution in [3.8, 4) is 6.19 Å². The standard InChI is InChI=1S/C12H9N3O/c1-16-12(15-8-13)10-4-5-11-9(7-10)3-2-6-14-11/h2-7H,1H3. The molecule has 1 aromatic heterocycles. The molecule has 0 N–H and O–H groups in total. The first-order valence-electron chi connectivity index (χ1n) is 4.71. The van der Waals surface area contributed by atoms with Gasteiger partial charge in [-0.05, 0) is 24.3 Å². The topological polar surface area (TPSA) is 58.3 Å². The Bertz CT molecular complexity index is 584. The fraction of sp³-hybridized carbons (Fsp3) is 0.0833. The highest BCUT2D eigenvalue weighted by molar-refractivity contribution is 5.98. The molecule has 78 valence electrons. The number of rotatable bonds is 1. The van der Waals surface area contributed by atoms with Gasteiger partial charge in [-0.2, -0.15) is 5.26 Å². The summed E-state index contributed by atoms with van der Waals surface area (Å²) in [4.78, 5) is 7.81. The number of ether oxygens (including phenoxy) is 1. The second-order valence-electron chi connectivity index (χ2n) is 3.13. The molecule has 0 aliphatic rings. The molecule has 0 atom stereocenters. The summed E-state index contributed by atoms with van der Waals surface area (Å²) in [5.74, 6) is 0.313. The van der Waals surface area contributed by atoms with Crippen molar-refractivity contribution >= 4 is 16.8 Å². The quantitative estimate of drug-likeness (QED) is 0.412. The largest absolute Gasteiger partial charge is 0.480 e. The predicted octanol–water partition coefficient (Wildman–Crippen LogP) is 2.11. The lowest BCUT2D eigenvalue weighted by atomic mass is 10.1. The number of nitrogens with zero attached hydrogens (tertiary/aromatic N) is 3. The van der Waals surface area contributed by atoms with E-state index in [4.69, 9.17) is 10.00 Å². The Morgan fingerprint density at radius 1 is 1.44 bits per heavy atom. The first-order chi connectivity index (χ1) is 7.85. The van der Waals surface area contributed by atoms with Gasteiger partial charge in [0.1, 0.15) is 0 Å². The van der Waals surface area contributed by atoms with Crippen LogP contribution in [0.1, 0.15) is 5.56 Å². The third-order valence-electron chi connectivity index (χ3n) is 2.19. The number of nitriles is 1. The molecule has 0 aliphatic heterocycles. The molecule has 1 aromatic carbocycles. The van der Waals surface area contributed by atoms with Crippen molar-refractivity contribution in [3.63, 3.8) is 0 Å². The molecule has 16 heavy (non-hydrogen) atoms. The number of aliphatic imine (C=N–C) groups is 1. The minimum atomic E-state index is 0.313. The van der Waals surface area contributed by atoms with Crippen LogP contribution in [0.2, 0.25) is 0 Å². The average Bonchev–Trinajstić information content (AvgIpc) is 2.35. The van der Waals surface area contributed by atoms with Crippen molar-refractivity contribution in [2.45, 2.75) is 0 Å². The number of fused-ring (bicyclic) bond motifs is 1. The number of benzene rings is 1. The number of pyridine rings is 1. The van der Waals surface area contributed by atoms with E-state index in [1.807, 2.05) is 30.3 Å². The summed E-state index contributed by atoms with van der Waals surface area (Å²) in [5.41, 5.74) is 1.67. The van der Waals surface area contributed by atoms with Crippen LogP contribution in [0.15, 0.2) is 41.5 Å². The van der Waals surface area contributed by atoms with Crippen LogP contribution in [0.5, 0.6) is 0 Å². The molecule has 4 nitrogen and oxygen atoms in total. The number of hydrogen-bond donors (Lipinski definition) is 0. The molecular weight excluding hydrogens is 202 g/mol. The van der Waals surface area contributed by atoms with E-state index in [1.54, 1.807) is 12.4 Å². The van der Waals surface area contributed by atoms with Crippen LogP contribution in [0.4, 0.5) is 0 Å². The molecule has 0 aliphatic carbocycles. The highest BCUT2D eigenvalue weighted by Crippen LogP contribution is 2.14. The van der Waals surface area contributed by atoms with E-state index in [-0.39, 0.29) is 0 Å². The molecule has 1 heterocycles. The minimum Gasteiger partial charge on any atom is -0.480 e. The van der Waals surface area contributed by atoms with Gasteiger partial charge < -0.3 is 4.74 Å². The van der Waals surface area contributed by atoms with Crippen molar-refractivity contribution in [2.24, 2.45) is 4.99 Å². The molecule has 2 aromatic rings. The number of hydrogen-bond acceptors (Lipinski definition) is 4. The van der Waals surface area contributed by atoms with E-state index in [0.717, 1.165) is 16.5 Å². The van der Waals surface area contributed by atoms with Crippen LogP contribution in [-0.4, -0.2) is 18.0 Å². The summed E-state index contributed by atoms with van der Waals surface area (Å²) in [7, 11) is 1.49. The number of methoxy groups -OCH3 is 1. The summed E-state index contributed by atoms with van der Waals surface area (Å²) < 4.78 is 5.03. The van der Waals surface area contributed by atoms with E-state index < -0.39 is 0 Å². The Hall–Kier alpha value is -2.41. The van der Waals surface area contributed by atoms with Crippen LogP contribution < -0.4 is 0 Å².